The summed E-state index contributed by atoms with van der Waals surface area (Å²) in [5.74, 6) is 0.153. The second kappa shape index (κ2) is 7.23. The average molecular weight is 339 g/mol. The van der Waals surface area contributed by atoms with Crippen molar-refractivity contribution in [1.82, 2.24) is 10.2 Å². The molecule has 3 nitrogen and oxygen atoms in total. The van der Waals surface area contributed by atoms with E-state index in [1.807, 2.05) is 12.1 Å². The van der Waals surface area contributed by atoms with Crippen LogP contribution in [0.4, 0.5) is 0 Å². The number of carbonyl (C=O) groups excluding carboxylic acids is 1. The maximum atomic E-state index is 12.0. The fraction of sp³-hybridized carbons (Fsp3) is 0.562. The van der Waals surface area contributed by atoms with Crippen LogP contribution in [0.1, 0.15) is 44.7 Å². The smallest absolute Gasteiger partial charge is 0.234 e. The minimum Gasteiger partial charge on any atom is -0.352 e. The summed E-state index contributed by atoms with van der Waals surface area (Å²) in [6, 6.07) is 8.91. The van der Waals surface area contributed by atoms with E-state index in [0.717, 1.165) is 30.3 Å². The third-order valence-corrected chi connectivity index (χ3v) is 4.43. The van der Waals surface area contributed by atoms with Crippen LogP contribution in [0, 0.1) is 0 Å². The molecule has 1 aliphatic carbocycles. The van der Waals surface area contributed by atoms with E-state index >= 15 is 0 Å². The Kier molecular flexibility index (Phi) is 5.61. The average Bonchev–Trinajstić information content (AvgIpc) is 3.22. The lowest BCUT2D eigenvalue weighted by Gasteiger charge is -2.29. The third kappa shape index (κ3) is 4.32. The van der Waals surface area contributed by atoms with Gasteiger partial charge in [-0.3, -0.25) is 9.69 Å². The molecule has 0 radical (unpaired) electrons. The molecule has 1 aliphatic rings. The highest BCUT2D eigenvalue weighted by Gasteiger charge is 2.25. The number of nitrogens with one attached hydrogen (secondary N) is 1. The zero-order chi connectivity index (χ0) is 14.5. The Morgan fingerprint density at radius 3 is 2.75 bits per heavy atom. The van der Waals surface area contributed by atoms with Crippen molar-refractivity contribution in [3.05, 3.63) is 34.3 Å². The highest BCUT2D eigenvalue weighted by atomic mass is 79.9. The third-order valence-electron chi connectivity index (χ3n) is 3.70. The Balaban J connectivity index is 2.02. The van der Waals surface area contributed by atoms with E-state index in [1.54, 1.807) is 0 Å². The van der Waals surface area contributed by atoms with Crippen molar-refractivity contribution in [3.8, 4) is 0 Å². The molecule has 0 saturated heterocycles. The van der Waals surface area contributed by atoms with E-state index in [4.69, 9.17) is 0 Å². The summed E-state index contributed by atoms with van der Waals surface area (Å²) in [6.07, 6.45) is 3.32. The zero-order valence-electron chi connectivity index (χ0n) is 12.2. The van der Waals surface area contributed by atoms with E-state index in [-0.39, 0.29) is 11.9 Å². The first-order valence-electron chi connectivity index (χ1n) is 7.39. The van der Waals surface area contributed by atoms with Gasteiger partial charge in [0.2, 0.25) is 5.91 Å². The molecule has 4 heteroatoms. The van der Waals surface area contributed by atoms with Gasteiger partial charge in [0.1, 0.15) is 0 Å². The SMILES string of the molecule is CCCN(CC(=O)NC1CC1)C(C)c1ccccc1Br. The van der Waals surface area contributed by atoms with Crippen molar-refractivity contribution in [1.29, 1.82) is 0 Å². The van der Waals surface area contributed by atoms with E-state index in [2.05, 4.69) is 52.1 Å². The maximum absolute atomic E-state index is 12.0. The number of benzene rings is 1. The van der Waals surface area contributed by atoms with Crippen LogP contribution in [0.2, 0.25) is 0 Å². The van der Waals surface area contributed by atoms with Crippen molar-refractivity contribution in [3.63, 3.8) is 0 Å². The lowest BCUT2D eigenvalue weighted by Crippen LogP contribution is -2.39. The minimum absolute atomic E-state index is 0.153. The first-order chi connectivity index (χ1) is 9.61. The highest BCUT2D eigenvalue weighted by molar-refractivity contribution is 9.10. The molecule has 110 valence electrons. The van der Waals surface area contributed by atoms with Crippen molar-refractivity contribution in [2.75, 3.05) is 13.1 Å². The zero-order valence-corrected chi connectivity index (χ0v) is 13.8. The molecule has 1 N–H and O–H groups in total. The number of amides is 1. The molecule has 1 aromatic rings. The Bertz CT molecular complexity index is 460. The van der Waals surface area contributed by atoms with Crippen molar-refractivity contribution in [2.24, 2.45) is 0 Å². The number of hydrogen-bond acceptors (Lipinski definition) is 2. The van der Waals surface area contributed by atoms with Crippen LogP contribution in [-0.2, 0) is 4.79 Å². The van der Waals surface area contributed by atoms with Gasteiger partial charge in [-0.1, -0.05) is 41.1 Å². The first kappa shape index (κ1) is 15.5. The van der Waals surface area contributed by atoms with Crippen LogP contribution in [0.3, 0.4) is 0 Å². The van der Waals surface area contributed by atoms with Crippen LogP contribution in [0.5, 0.6) is 0 Å². The van der Waals surface area contributed by atoms with E-state index in [9.17, 15) is 4.79 Å². The van der Waals surface area contributed by atoms with E-state index in [1.165, 1.54) is 5.56 Å². The minimum atomic E-state index is 0.153. The van der Waals surface area contributed by atoms with Gasteiger partial charge in [-0.2, -0.15) is 0 Å². The summed E-state index contributed by atoms with van der Waals surface area (Å²) >= 11 is 3.61. The van der Waals surface area contributed by atoms with Crippen molar-refractivity contribution in [2.45, 2.75) is 45.2 Å². The number of hydrogen-bond donors (Lipinski definition) is 1. The topological polar surface area (TPSA) is 32.3 Å². The monoisotopic (exact) mass is 338 g/mol. The predicted molar refractivity (Wildman–Crippen MR) is 85.6 cm³/mol. The van der Waals surface area contributed by atoms with Gasteiger partial charge in [-0.25, -0.2) is 0 Å². The highest BCUT2D eigenvalue weighted by Crippen LogP contribution is 2.27. The molecule has 1 saturated carbocycles. The largest absolute Gasteiger partial charge is 0.352 e. The van der Waals surface area contributed by atoms with Gasteiger partial charge in [0.25, 0.3) is 0 Å². The second-order valence-electron chi connectivity index (χ2n) is 5.51. The number of carbonyl (C=O) groups is 1. The molecule has 1 fully saturated rings. The summed E-state index contributed by atoms with van der Waals surface area (Å²) in [5.41, 5.74) is 1.24. The number of halogens is 1. The molecular formula is C16H23BrN2O. The molecule has 0 bridgehead atoms. The van der Waals surface area contributed by atoms with Gasteiger partial charge in [-0.15, -0.1) is 0 Å². The molecule has 2 rings (SSSR count). The molecule has 0 spiro atoms. The Hall–Kier alpha value is -0.870. The molecular weight excluding hydrogens is 316 g/mol. The van der Waals surface area contributed by atoms with Gasteiger partial charge < -0.3 is 5.32 Å². The molecule has 20 heavy (non-hydrogen) atoms. The fourth-order valence-electron chi connectivity index (χ4n) is 2.39. The van der Waals surface area contributed by atoms with Gasteiger partial charge >= 0.3 is 0 Å². The van der Waals surface area contributed by atoms with E-state index < -0.39 is 0 Å². The Morgan fingerprint density at radius 1 is 1.45 bits per heavy atom. The summed E-state index contributed by atoms with van der Waals surface area (Å²) in [6.45, 7) is 5.73. The normalized spacial score (nSPS) is 16.2. The Morgan fingerprint density at radius 2 is 2.15 bits per heavy atom. The quantitative estimate of drug-likeness (QED) is 0.825. The number of rotatable bonds is 7. The summed E-state index contributed by atoms with van der Waals surface area (Å²) in [4.78, 5) is 14.3. The Labute approximate surface area is 129 Å². The standard InChI is InChI=1S/C16H23BrN2O/c1-3-10-19(11-16(20)18-13-8-9-13)12(2)14-6-4-5-7-15(14)17/h4-7,12-13H,3,8-11H2,1-2H3,(H,18,20). The molecule has 0 aliphatic heterocycles. The lowest BCUT2D eigenvalue weighted by molar-refractivity contribution is -0.122. The van der Waals surface area contributed by atoms with Crippen molar-refractivity contribution < 1.29 is 4.79 Å². The first-order valence-corrected chi connectivity index (χ1v) is 8.19. The molecule has 0 heterocycles. The van der Waals surface area contributed by atoms with Gasteiger partial charge in [0.05, 0.1) is 6.54 Å². The van der Waals surface area contributed by atoms with Crippen LogP contribution in [-0.4, -0.2) is 29.9 Å². The van der Waals surface area contributed by atoms with Crippen LogP contribution in [0.25, 0.3) is 0 Å². The van der Waals surface area contributed by atoms with Crippen LogP contribution in [0.15, 0.2) is 28.7 Å². The van der Waals surface area contributed by atoms with Crippen LogP contribution >= 0.6 is 15.9 Å². The van der Waals surface area contributed by atoms with Crippen LogP contribution < -0.4 is 5.32 Å². The summed E-state index contributed by atoms with van der Waals surface area (Å²) < 4.78 is 1.11. The molecule has 1 amide bonds. The summed E-state index contributed by atoms with van der Waals surface area (Å²) in [5, 5.41) is 3.07. The summed E-state index contributed by atoms with van der Waals surface area (Å²) in [7, 11) is 0. The maximum Gasteiger partial charge on any atom is 0.234 e. The molecule has 1 unspecified atom stereocenters. The molecule has 1 atom stereocenters. The number of nitrogens with zero attached hydrogens (tertiary/aromatic N) is 1. The van der Waals surface area contributed by atoms with Gasteiger partial charge in [-0.05, 0) is 44.4 Å². The van der Waals surface area contributed by atoms with Gasteiger partial charge in [0, 0.05) is 16.6 Å². The fourth-order valence-corrected chi connectivity index (χ4v) is 3.01. The molecule has 1 aromatic carbocycles. The second-order valence-corrected chi connectivity index (χ2v) is 6.36. The van der Waals surface area contributed by atoms with E-state index in [0.29, 0.717) is 12.6 Å². The predicted octanol–water partition coefficient (Wildman–Crippen LogP) is 3.50. The van der Waals surface area contributed by atoms with Crippen molar-refractivity contribution >= 4 is 21.8 Å². The van der Waals surface area contributed by atoms with Gasteiger partial charge in [0.15, 0.2) is 0 Å². The molecule has 0 aromatic heterocycles. The lowest BCUT2D eigenvalue weighted by atomic mass is 10.1.